The maximum atomic E-state index is 3.59. The average molecular weight is 247 g/mol. The van der Waals surface area contributed by atoms with Gasteiger partial charge in [0.15, 0.2) is 0 Å². The molecule has 1 rings (SSSR count). The van der Waals surface area contributed by atoms with E-state index < -0.39 is 0 Å². The van der Waals surface area contributed by atoms with E-state index in [2.05, 4.69) is 65.1 Å². The van der Waals surface area contributed by atoms with Crippen molar-refractivity contribution in [3.8, 4) is 0 Å². The predicted octanol–water partition coefficient (Wildman–Crippen LogP) is 4.36. The fourth-order valence-corrected chi connectivity index (χ4v) is 2.91. The van der Waals surface area contributed by atoms with Crippen LogP contribution in [0, 0.1) is 13.8 Å². The zero-order valence-corrected chi connectivity index (χ0v) is 12.9. The van der Waals surface area contributed by atoms with E-state index >= 15 is 0 Å². The van der Waals surface area contributed by atoms with Crippen molar-refractivity contribution in [2.45, 2.75) is 65.8 Å². The Morgan fingerprint density at radius 3 is 2.44 bits per heavy atom. The van der Waals surface area contributed by atoms with Gasteiger partial charge in [0.25, 0.3) is 0 Å². The molecule has 0 bridgehead atoms. The summed E-state index contributed by atoms with van der Waals surface area (Å²) in [5.41, 5.74) is 4.49. The van der Waals surface area contributed by atoms with Gasteiger partial charge >= 0.3 is 0 Å². The van der Waals surface area contributed by atoms with Gasteiger partial charge in [-0.1, -0.05) is 44.5 Å². The molecular formula is C17H29N. The van der Waals surface area contributed by atoms with E-state index in [0.717, 1.165) is 6.54 Å². The molecule has 0 aliphatic carbocycles. The lowest BCUT2D eigenvalue weighted by Crippen LogP contribution is -2.34. The Hall–Kier alpha value is -0.820. The largest absolute Gasteiger partial charge is 0.314 e. The van der Waals surface area contributed by atoms with Crippen LogP contribution >= 0.6 is 0 Å². The molecule has 1 nitrogen and oxygen atoms in total. The minimum atomic E-state index is 0.234. The van der Waals surface area contributed by atoms with Gasteiger partial charge in [-0.3, -0.25) is 0 Å². The third kappa shape index (κ3) is 4.13. The number of hydrogen-bond donors (Lipinski definition) is 1. The first-order valence-corrected chi connectivity index (χ1v) is 7.18. The summed E-state index contributed by atoms with van der Waals surface area (Å²) in [6.07, 6.45) is 2.38. The molecule has 1 N–H and O–H groups in total. The van der Waals surface area contributed by atoms with Crippen molar-refractivity contribution in [1.29, 1.82) is 0 Å². The van der Waals surface area contributed by atoms with Gasteiger partial charge in [-0.15, -0.1) is 0 Å². The summed E-state index contributed by atoms with van der Waals surface area (Å²) < 4.78 is 0. The third-order valence-electron chi connectivity index (χ3n) is 3.67. The van der Waals surface area contributed by atoms with Crippen LogP contribution in [-0.4, -0.2) is 12.6 Å². The number of benzene rings is 1. The summed E-state index contributed by atoms with van der Waals surface area (Å²) in [5, 5.41) is 3.59. The first kappa shape index (κ1) is 15.2. The van der Waals surface area contributed by atoms with E-state index in [9.17, 15) is 0 Å². The first-order valence-electron chi connectivity index (χ1n) is 7.18. The third-order valence-corrected chi connectivity index (χ3v) is 3.67. The molecular weight excluding hydrogens is 218 g/mol. The van der Waals surface area contributed by atoms with Gasteiger partial charge in [0.05, 0.1) is 0 Å². The van der Waals surface area contributed by atoms with Crippen LogP contribution in [0.4, 0.5) is 0 Å². The lowest BCUT2D eigenvalue weighted by atomic mass is 9.77. The van der Waals surface area contributed by atoms with Crippen molar-refractivity contribution < 1.29 is 0 Å². The van der Waals surface area contributed by atoms with Crippen molar-refractivity contribution in [3.63, 3.8) is 0 Å². The number of nitrogens with one attached hydrogen (secondary N) is 1. The Balaban J connectivity index is 2.78. The second-order valence-corrected chi connectivity index (χ2v) is 6.26. The van der Waals surface area contributed by atoms with Gasteiger partial charge in [0.2, 0.25) is 0 Å². The summed E-state index contributed by atoms with van der Waals surface area (Å²) in [7, 11) is 0. The second-order valence-electron chi connectivity index (χ2n) is 6.26. The van der Waals surface area contributed by atoms with E-state index in [1.165, 1.54) is 29.5 Å². The zero-order valence-electron chi connectivity index (χ0n) is 12.9. The van der Waals surface area contributed by atoms with Crippen LogP contribution in [-0.2, 0) is 5.41 Å². The molecule has 1 aromatic rings. The van der Waals surface area contributed by atoms with Gasteiger partial charge in [-0.25, -0.2) is 0 Å². The highest BCUT2D eigenvalue weighted by atomic mass is 14.9. The number of rotatable bonds is 6. The van der Waals surface area contributed by atoms with Crippen LogP contribution in [0.3, 0.4) is 0 Å². The lowest BCUT2D eigenvalue weighted by Gasteiger charge is -2.31. The van der Waals surface area contributed by atoms with E-state index in [0.29, 0.717) is 6.04 Å². The van der Waals surface area contributed by atoms with Gasteiger partial charge < -0.3 is 5.32 Å². The monoisotopic (exact) mass is 247 g/mol. The van der Waals surface area contributed by atoms with Gasteiger partial charge in [-0.05, 0) is 56.7 Å². The summed E-state index contributed by atoms with van der Waals surface area (Å²) >= 11 is 0. The number of aryl methyl sites for hydroxylation is 2. The molecule has 1 heteroatoms. The molecule has 0 saturated carbocycles. The quantitative estimate of drug-likeness (QED) is 0.787. The summed E-state index contributed by atoms with van der Waals surface area (Å²) in [6.45, 7) is 14.7. The van der Waals surface area contributed by atoms with Crippen LogP contribution in [0.15, 0.2) is 18.2 Å². The Labute approximate surface area is 113 Å². The van der Waals surface area contributed by atoms with Crippen molar-refractivity contribution in [2.24, 2.45) is 0 Å². The summed E-state index contributed by atoms with van der Waals surface area (Å²) in [4.78, 5) is 0. The number of hydrogen-bond acceptors (Lipinski definition) is 1. The van der Waals surface area contributed by atoms with Crippen molar-refractivity contribution in [2.75, 3.05) is 6.54 Å². The highest BCUT2D eigenvalue weighted by Gasteiger charge is 2.24. The zero-order chi connectivity index (χ0) is 13.8. The van der Waals surface area contributed by atoms with Gasteiger partial charge in [0.1, 0.15) is 0 Å². The first-order chi connectivity index (χ1) is 8.36. The average Bonchev–Trinajstić information content (AvgIpc) is 2.25. The summed E-state index contributed by atoms with van der Waals surface area (Å²) in [6, 6.07) is 7.40. The molecule has 0 saturated heterocycles. The van der Waals surface area contributed by atoms with E-state index in [1.54, 1.807) is 0 Å². The molecule has 0 radical (unpaired) electrons. The molecule has 0 amide bonds. The van der Waals surface area contributed by atoms with Crippen LogP contribution in [0.5, 0.6) is 0 Å². The molecule has 1 aromatic carbocycles. The Kier molecular flexibility index (Phi) is 5.40. The molecule has 1 unspecified atom stereocenters. The smallest absolute Gasteiger partial charge is 0.00470 e. The van der Waals surface area contributed by atoms with Gasteiger partial charge in [0, 0.05) is 6.04 Å². The van der Waals surface area contributed by atoms with Crippen LogP contribution < -0.4 is 5.32 Å². The minimum absolute atomic E-state index is 0.234. The minimum Gasteiger partial charge on any atom is -0.314 e. The lowest BCUT2D eigenvalue weighted by molar-refractivity contribution is 0.388. The molecule has 0 spiro atoms. The highest BCUT2D eigenvalue weighted by Crippen LogP contribution is 2.31. The molecule has 102 valence electrons. The second kappa shape index (κ2) is 6.38. The van der Waals surface area contributed by atoms with E-state index in [1.807, 2.05) is 0 Å². The Bertz CT molecular complexity index is 379. The summed E-state index contributed by atoms with van der Waals surface area (Å²) in [5.74, 6) is 0. The maximum Gasteiger partial charge on any atom is 0.00470 e. The Morgan fingerprint density at radius 2 is 1.89 bits per heavy atom. The van der Waals surface area contributed by atoms with Crippen LogP contribution in [0.1, 0.15) is 57.2 Å². The molecule has 1 atom stereocenters. The van der Waals surface area contributed by atoms with Crippen molar-refractivity contribution in [1.82, 2.24) is 5.32 Å². The van der Waals surface area contributed by atoms with Crippen LogP contribution in [0.25, 0.3) is 0 Å². The van der Waals surface area contributed by atoms with Crippen molar-refractivity contribution >= 4 is 0 Å². The molecule has 0 heterocycles. The molecule has 18 heavy (non-hydrogen) atoms. The maximum absolute atomic E-state index is 3.59. The fourth-order valence-electron chi connectivity index (χ4n) is 2.91. The standard InChI is InChI=1S/C17H29N/c1-7-10-18-15(4)12-17(5,6)16-9-8-13(2)11-14(16)3/h8-9,11,15,18H,7,10,12H2,1-6H3. The van der Waals surface area contributed by atoms with E-state index in [4.69, 9.17) is 0 Å². The topological polar surface area (TPSA) is 12.0 Å². The highest BCUT2D eigenvalue weighted by molar-refractivity contribution is 5.35. The molecule has 0 fully saturated rings. The molecule has 0 aliphatic heterocycles. The van der Waals surface area contributed by atoms with Crippen molar-refractivity contribution in [3.05, 3.63) is 34.9 Å². The SMILES string of the molecule is CCCNC(C)CC(C)(C)c1ccc(C)cc1C. The molecule has 0 aliphatic rings. The normalized spacial score (nSPS) is 13.7. The fraction of sp³-hybridized carbons (Fsp3) is 0.647. The Morgan fingerprint density at radius 1 is 1.22 bits per heavy atom. The predicted molar refractivity (Wildman–Crippen MR) is 81.3 cm³/mol. The van der Waals surface area contributed by atoms with Crippen LogP contribution in [0.2, 0.25) is 0 Å². The van der Waals surface area contributed by atoms with Gasteiger partial charge in [-0.2, -0.15) is 0 Å². The molecule has 0 aromatic heterocycles. The van der Waals surface area contributed by atoms with E-state index in [-0.39, 0.29) is 5.41 Å².